The summed E-state index contributed by atoms with van der Waals surface area (Å²) >= 11 is 0. The highest BCUT2D eigenvalue weighted by Crippen LogP contribution is 2.35. The molecule has 0 saturated heterocycles. The number of nitrogens with zero attached hydrogens (tertiary/aromatic N) is 4. The maximum atomic E-state index is 8.83. The number of benzene rings is 2. The van der Waals surface area contributed by atoms with Crippen molar-refractivity contribution in [2.45, 2.75) is 6.42 Å². The highest BCUT2D eigenvalue weighted by Gasteiger charge is 2.37. The first-order valence-corrected chi connectivity index (χ1v) is 6.36. The van der Waals surface area contributed by atoms with E-state index >= 15 is 0 Å². The van der Waals surface area contributed by atoms with E-state index in [0.29, 0.717) is 5.84 Å². The van der Waals surface area contributed by atoms with Crippen LogP contribution in [0.2, 0.25) is 0 Å². The van der Waals surface area contributed by atoms with Crippen LogP contribution in [-0.4, -0.2) is 12.2 Å². The minimum absolute atomic E-state index is 0.179. The van der Waals surface area contributed by atoms with E-state index in [4.69, 9.17) is 5.26 Å². The third-order valence-corrected chi connectivity index (χ3v) is 3.18. The molecule has 96 valence electrons. The lowest BCUT2D eigenvalue weighted by atomic mass is 10.2. The molecule has 0 atom stereocenters. The Morgan fingerprint density at radius 1 is 0.900 bits per heavy atom. The van der Waals surface area contributed by atoms with Gasteiger partial charge in [-0.3, -0.25) is 0 Å². The summed E-state index contributed by atoms with van der Waals surface area (Å²) in [5.74, 6) is 0.556. The SMILES string of the molecule is N#CCC1=N[N+](c2ccccc2)(c2ccccc2)C=N1. The largest absolute Gasteiger partial charge is 0.229 e. The van der Waals surface area contributed by atoms with Crippen molar-refractivity contribution < 1.29 is 0 Å². The third kappa shape index (κ3) is 2.00. The van der Waals surface area contributed by atoms with Gasteiger partial charge in [-0.25, -0.2) is 0 Å². The van der Waals surface area contributed by atoms with Crippen LogP contribution in [0.5, 0.6) is 0 Å². The second-order valence-electron chi connectivity index (χ2n) is 4.45. The van der Waals surface area contributed by atoms with Gasteiger partial charge in [-0.2, -0.15) is 10.3 Å². The van der Waals surface area contributed by atoms with Gasteiger partial charge in [-0.15, -0.1) is 0 Å². The summed E-state index contributed by atoms with van der Waals surface area (Å²) < 4.78 is 0.179. The van der Waals surface area contributed by atoms with Gasteiger partial charge >= 0.3 is 0 Å². The van der Waals surface area contributed by atoms with Gasteiger partial charge in [-0.1, -0.05) is 41.0 Å². The minimum atomic E-state index is 0.179. The molecule has 1 aliphatic heterocycles. The molecule has 0 amide bonds. The molecule has 0 unspecified atom stereocenters. The van der Waals surface area contributed by atoms with E-state index in [2.05, 4.69) is 16.2 Å². The third-order valence-electron chi connectivity index (χ3n) is 3.18. The topological polar surface area (TPSA) is 48.5 Å². The van der Waals surface area contributed by atoms with Crippen molar-refractivity contribution in [2.24, 2.45) is 10.1 Å². The Kier molecular flexibility index (Phi) is 3.12. The van der Waals surface area contributed by atoms with E-state index in [0.717, 1.165) is 11.4 Å². The summed E-state index contributed by atoms with van der Waals surface area (Å²) in [6.07, 6.45) is 1.99. The first-order valence-electron chi connectivity index (χ1n) is 6.36. The van der Waals surface area contributed by atoms with E-state index in [-0.39, 0.29) is 11.0 Å². The molecule has 1 aliphatic rings. The summed E-state index contributed by atoms with van der Waals surface area (Å²) in [7, 11) is 0. The quantitative estimate of drug-likeness (QED) is 0.779. The number of nitriles is 1. The molecule has 2 aromatic rings. The van der Waals surface area contributed by atoms with Crippen LogP contribution >= 0.6 is 0 Å². The molecule has 0 spiro atoms. The van der Waals surface area contributed by atoms with E-state index in [1.807, 2.05) is 60.7 Å². The molecule has 4 nitrogen and oxygen atoms in total. The zero-order valence-corrected chi connectivity index (χ0v) is 10.8. The maximum Gasteiger partial charge on any atom is 0.229 e. The smallest absolute Gasteiger partial charge is 0.198 e. The van der Waals surface area contributed by atoms with Gasteiger partial charge in [-0.05, 0) is 5.10 Å². The molecule has 0 aliphatic carbocycles. The van der Waals surface area contributed by atoms with Crippen LogP contribution in [0.15, 0.2) is 70.8 Å². The Morgan fingerprint density at radius 2 is 1.45 bits per heavy atom. The van der Waals surface area contributed by atoms with Gasteiger partial charge in [0.25, 0.3) is 0 Å². The molecule has 0 radical (unpaired) electrons. The van der Waals surface area contributed by atoms with Crippen LogP contribution in [0.1, 0.15) is 6.42 Å². The van der Waals surface area contributed by atoms with Crippen molar-refractivity contribution in [3.05, 3.63) is 60.7 Å². The lowest BCUT2D eigenvalue weighted by Crippen LogP contribution is -2.34. The fourth-order valence-electron chi connectivity index (χ4n) is 2.24. The molecular weight excluding hydrogens is 248 g/mol. The van der Waals surface area contributed by atoms with E-state index < -0.39 is 0 Å². The number of para-hydroxylation sites is 2. The lowest BCUT2D eigenvalue weighted by molar-refractivity contribution is 0.619. The van der Waals surface area contributed by atoms with Gasteiger partial charge in [0, 0.05) is 24.3 Å². The first-order chi connectivity index (χ1) is 9.85. The number of quaternary nitrogens is 1. The van der Waals surface area contributed by atoms with Crippen LogP contribution in [0.3, 0.4) is 0 Å². The van der Waals surface area contributed by atoms with Gasteiger partial charge in [0.2, 0.25) is 12.2 Å². The van der Waals surface area contributed by atoms with Gasteiger partial charge in [0.1, 0.15) is 6.42 Å². The normalized spacial score (nSPS) is 15.7. The van der Waals surface area contributed by atoms with Gasteiger partial charge in [0.15, 0.2) is 11.4 Å². The van der Waals surface area contributed by atoms with Crippen LogP contribution in [-0.2, 0) is 0 Å². The molecule has 2 aromatic carbocycles. The Labute approximate surface area is 117 Å². The van der Waals surface area contributed by atoms with E-state index in [1.54, 1.807) is 6.34 Å². The fraction of sp³-hybridized carbons (Fsp3) is 0.0625. The summed E-state index contributed by atoms with van der Waals surface area (Å²) in [5, 5.41) is 13.5. The summed E-state index contributed by atoms with van der Waals surface area (Å²) in [5.41, 5.74) is 1.99. The van der Waals surface area contributed by atoms with E-state index in [1.165, 1.54) is 0 Å². The Balaban J connectivity index is 2.17. The van der Waals surface area contributed by atoms with Crippen molar-refractivity contribution >= 4 is 23.5 Å². The molecule has 0 aromatic heterocycles. The fourth-order valence-corrected chi connectivity index (χ4v) is 2.24. The number of hydrogen-bond donors (Lipinski definition) is 0. The molecule has 20 heavy (non-hydrogen) atoms. The zero-order valence-electron chi connectivity index (χ0n) is 10.8. The maximum absolute atomic E-state index is 8.83. The highest BCUT2D eigenvalue weighted by molar-refractivity contribution is 6.01. The predicted octanol–water partition coefficient (Wildman–Crippen LogP) is 3.59. The van der Waals surface area contributed by atoms with Crippen molar-refractivity contribution in [1.29, 1.82) is 5.26 Å². The molecule has 4 heteroatoms. The summed E-state index contributed by atoms with van der Waals surface area (Å²) in [6, 6.07) is 22.0. The molecule has 0 saturated carbocycles. The number of rotatable bonds is 3. The standard InChI is InChI=1S/C16H13N4/c17-12-11-16-18-13-20(19-16,14-7-3-1-4-8-14)15-9-5-2-6-10-15/h1-10,13H,11H2/q+1. The van der Waals surface area contributed by atoms with Crippen molar-refractivity contribution in [1.82, 2.24) is 4.59 Å². The van der Waals surface area contributed by atoms with Crippen LogP contribution in [0.25, 0.3) is 0 Å². The number of aliphatic imine (C=N–C) groups is 1. The Morgan fingerprint density at radius 3 is 1.95 bits per heavy atom. The van der Waals surface area contributed by atoms with Gasteiger partial charge < -0.3 is 0 Å². The first kappa shape index (κ1) is 12.3. The molecule has 0 bridgehead atoms. The average molecular weight is 261 g/mol. The summed E-state index contributed by atoms with van der Waals surface area (Å²) in [4.78, 5) is 4.31. The minimum Gasteiger partial charge on any atom is -0.198 e. The highest BCUT2D eigenvalue weighted by atomic mass is 15.7. The summed E-state index contributed by atoms with van der Waals surface area (Å²) in [6.45, 7) is 0. The molecule has 0 N–H and O–H groups in total. The van der Waals surface area contributed by atoms with Crippen molar-refractivity contribution in [2.75, 3.05) is 0 Å². The Bertz CT molecular complexity index is 657. The van der Waals surface area contributed by atoms with Crippen LogP contribution < -0.4 is 4.59 Å². The molecule has 3 rings (SSSR count). The Hall–Kier alpha value is -2.77. The zero-order chi connectivity index (χ0) is 13.8. The second-order valence-corrected chi connectivity index (χ2v) is 4.45. The van der Waals surface area contributed by atoms with Gasteiger partial charge in [0.05, 0.1) is 6.07 Å². The second kappa shape index (κ2) is 5.08. The van der Waals surface area contributed by atoms with Crippen molar-refractivity contribution in [3.63, 3.8) is 0 Å². The number of hydrogen-bond acceptors (Lipinski definition) is 3. The number of amidine groups is 1. The average Bonchev–Trinajstić information content (AvgIpc) is 2.95. The predicted molar refractivity (Wildman–Crippen MR) is 80.5 cm³/mol. The molecular formula is C16H13N4+. The molecule has 1 heterocycles. The molecule has 0 fully saturated rings. The van der Waals surface area contributed by atoms with Crippen molar-refractivity contribution in [3.8, 4) is 6.07 Å². The monoisotopic (exact) mass is 261 g/mol. The van der Waals surface area contributed by atoms with Crippen LogP contribution in [0.4, 0.5) is 11.4 Å². The van der Waals surface area contributed by atoms with E-state index in [9.17, 15) is 0 Å². The van der Waals surface area contributed by atoms with Crippen LogP contribution in [0, 0.1) is 11.3 Å². The lowest BCUT2D eigenvalue weighted by Gasteiger charge is -2.23.